The fraction of sp³-hybridized carbons (Fsp3) is 0. The minimum atomic E-state index is -0.268. The molecular weight excluding hydrogens is 374 g/mol. The van der Waals surface area contributed by atoms with Crippen LogP contribution in [0.25, 0.3) is 0 Å². The van der Waals surface area contributed by atoms with Gasteiger partial charge in [-0.3, -0.25) is 14.6 Å². The molecule has 0 spiro atoms. The van der Waals surface area contributed by atoms with Gasteiger partial charge < -0.3 is 10.6 Å². The van der Waals surface area contributed by atoms with Gasteiger partial charge in [-0.1, -0.05) is 36.4 Å². The van der Waals surface area contributed by atoms with E-state index in [1.54, 1.807) is 12.1 Å². The van der Waals surface area contributed by atoms with Gasteiger partial charge in [0.2, 0.25) is 5.78 Å². The van der Waals surface area contributed by atoms with Gasteiger partial charge in [0.25, 0.3) is 0 Å². The predicted molar refractivity (Wildman–Crippen MR) is 117 cm³/mol. The van der Waals surface area contributed by atoms with Crippen molar-refractivity contribution in [3.05, 3.63) is 114 Å². The Morgan fingerprint density at radius 3 is 1.67 bits per heavy atom. The molecule has 5 rings (SSSR count). The molecule has 1 aliphatic rings. The Hall–Kier alpha value is -4.25. The highest BCUT2D eigenvalue weighted by molar-refractivity contribution is 6.31. The van der Waals surface area contributed by atoms with Gasteiger partial charge in [-0.2, -0.15) is 0 Å². The molecule has 0 aliphatic heterocycles. The minimum absolute atomic E-state index is 0.183. The molecule has 5 nitrogen and oxygen atoms in total. The van der Waals surface area contributed by atoms with Crippen molar-refractivity contribution < 1.29 is 9.59 Å². The van der Waals surface area contributed by atoms with Crippen molar-refractivity contribution in [3.63, 3.8) is 0 Å². The monoisotopic (exact) mass is 391 g/mol. The van der Waals surface area contributed by atoms with Gasteiger partial charge in [0.15, 0.2) is 5.78 Å². The second kappa shape index (κ2) is 7.29. The molecule has 5 heteroatoms. The number of aromatic nitrogens is 1. The van der Waals surface area contributed by atoms with Gasteiger partial charge in [0.1, 0.15) is 5.69 Å². The number of nitrogens with zero attached hydrogens (tertiary/aromatic N) is 1. The summed E-state index contributed by atoms with van der Waals surface area (Å²) in [5, 5.41) is 6.56. The summed E-state index contributed by atoms with van der Waals surface area (Å²) < 4.78 is 0. The second-order valence-corrected chi connectivity index (χ2v) is 6.95. The molecule has 0 saturated heterocycles. The third-order valence-corrected chi connectivity index (χ3v) is 5.03. The Morgan fingerprint density at radius 1 is 0.567 bits per heavy atom. The van der Waals surface area contributed by atoms with Crippen LogP contribution in [-0.2, 0) is 0 Å². The summed E-state index contributed by atoms with van der Waals surface area (Å²) in [7, 11) is 0. The van der Waals surface area contributed by atoms with E-state index >= 15 is 0 Å². The number of pyridine rings is 1. The highest BCUT2D eigenvalue weighted by atomic mass is 16.1. The molecule has 30 heavy (non-hydrogen) atoms. The summed E-state index contributed by atoms with van der Waals surface area (Å²) in [5.74, 6) is -0.488. The van der Waals surface area contributed by atoms with Gasteiger partial charge >= 0.3 is 0 Å². The van der Waals surface area contributed by atoms with E-state index in [2.05, 4.69) is 15.6 Å². The quantitative estimate of drug-likeness (QED) is 0.432. The Bertz CT molecular complexity index is 1170. The lowest BCUT2D eigenvalue weighted by molar-refractivity contribution is 0.0976. The number of carbonyl (C=O) groups is 2. The van der Waals surface area contributed by atoms with Crippen molar-refractivity contribution in [2.24, 2.45) is 0 Å². The first kappa shape index (κ1) is 17.8. The second-order valence-electron chi connectivity index (χ2n) is 6.95. The fourth-order valence-corrected chi connectivity index (χ4v) is 3.66. The SMILES string of the molecule is O=C1c2cccnc2C(=O)c2c(Nc3ccccc3)ccc(Nc3ccccc3)c21. The van der Waals surface area contributed by atoms with E-state index in [0.29, 0.717) is 28.1 Å². The van der Waals surface area contributed by atoms with E-state index < -0.39 is 0 Å². The summed E-state index contributed by atoms with van der Waals surface area (Å²) in [4.78, 5) is 31.0. The molecule has 0 radical (unpaired) electrons. The number of hydrogen-bond donors (Lipinski definition) is 2. The number of anilines is 4. The maximum Gasteiger partial charge on any atom is 0.215 e. The van der Waals surface area contributed by atoms with E-state index in [4.69, 9.17) is 0 Å². The smallest absolute Gasteiger partial charge is 0.215 e. The van der Waals surface area contributed by atoms with Crippen LogP contribution < -0.4 is 10.6 Å². The van der Waals surface area contributed by atoms with Crippen molar-refractivity contribution in [3.8, 4) is 0 Å². The number of benzene rings is 3. The number of carbonyl (C=O) groups excluding carboxylic acids is 2. The number of nitrogens with one attached hydrogen (secondary N) is 2. The molecular formula is C25H17N3O2. The van der Waals surface area contributed by atoms with Crippen molar-refractivity contribution in [1.82, 2.24) is 4.98 Å². The average Bonchev–Trinajstić information content (AvgIpc) is 2.80. The van der Waals surface area contributed by atoms with Crippen LogP contribution in [0.2, 0.25) is 0 Å². The number of rotatable bonds is 4. The number of para-hydroxylation sites is 2. The number of hydrogen-bond acceptors (Lipinski definition) is 5. The molecule has 1 aromatic heterocycles. The predicted octanol–water partition coefficient (Wildman–Crippen LogP) is 5.34. The lowest BCUT2D eigenvalue weighted by Gasteiger charge is -2.23. The maximum absolute atomic E-state index is 13.4. The van der Waals surface area contributed by atoms with Gasteiger partial charge in [-0.25, -0.2) is 0 Å². The van der Waals surface area contributed by atoms with Crippen LogP contribution in [0.15, 0.2) is 91.1 Å². The summed E-state index contributed by atoms with van der Waals surface area (Å²) in [5.41, 5.74) is 4.01. The van der Waals surface area contributed by atoms with Crippen LogP contribution in [-0.4, -0.2) is 16.6 Å². The topological polar surface area (TPSA) is 71.1 Å². The number of fused-ring (bicyclic) bond motifs is 2. The van der Waals surface area contributed by atoms with Crippen LogP contribution >= 0.6 is 0 Å². The zero-order chi connectivity index (χ0) is 20.5. The Balaban J connectivity index is 1.69. The Morgan fingerprint density at radius 2 is 1.10 bits per heavy atom. The summed E-state index contributed by atoms with van der Waals surface area (Å²) in [6.07, 6.45) is 1.53. The normalized spacial score (nSPS) is 12.1. The van der Waals surface area contributed by atoms with E-state index in [1.165, 1.54) is 6.20 Å². The number of ketones is 2. The van der Waals surface area contributed by atoms with Crippen molar-refractivity contribution in [2.75, 3.05) is 10.6 Å². The lowest BCUT2D eigenvalue weighted by atomic mass is 9.84. The average molecular weight is 391 g/mol. The maximum atomic E-state index is 13.4. The third kappa shape index (κ3) is 3.02. The van der Waals surface area contributed by atoms with Crippen LogP contribution in [0.4, 0.5) is 22.7 Å². The first-order chi connectivity index (χ1) is 14.7. The van der Waals surface area contributed by atoms with Crippen LogP contribution in [0.3, 0.4) is 0 Å². The van der Waals surface area contributed by atoms with Crippen molar-refractivity contribution in [2.45, 2.75) is 0 Å². The van der Waals surface area contributed by atoms with Gasteiger partial charge in [0.05, 0.1) is 28.1 Å². The molecule has 144 valence electrons. The molecule has 2 N–H and O–H groups in total. The minimum Gasteiger partial charge on any atom is -0.355 e. The third-order valence-electron chi connectivity index (χ3n) is 5.03. The van der Waals surface area contributed by atoms with Crippen LogP contribution in [0.5, 0.6) is 0 Å². The molecule has 1 aliphatic carbocycles. The van der Waals surface area contributed by atoms with E-state index in [-0.39, 0.29) is 17.3 Å². The Kier molecular flexibility index (Phi) is 4.33. The zero-order valence-electron chi connectivity index (χ0n) is 15.9. The molecule has 0 unspecified atom stereocenters. The first-order valence-corrected chi connectivity index (χ1v) is 9.58. The molecule has 0 bridgehead atoms. The first-order valence-electron chi connectivity index (χ1n) is 9.58. The summed E-state index contributed by atoms with van der Waals surface area (Å²) in [6, 6.07) is 26.1. The van der Waals surface area contributed by atoms with Crippen LogP contribution in [0, 0.1) is 0 Å². The zero-order valence-corrected chi connectivity index (χ0v) is 15.9. The van der Waals surface area contributed by atoms with E-state index in [0.717, 1.165) is 11.4 Å². The van der Waals surface area contributed by atoms with Crippen molar-refractivity contribution in [1.29, 1.82) is 0 Å². The van der Waals surface area contributed by atoms with Crippen molar-refractivity contribution >= 4 is 34.3 Å². The molecule has 0 amide bonds. The van der Waals surface area contributed by atoms with E-state index in [1.807, 2.05) is 72.8 Å². The molecule has 3 aromatic carbocycles. The van der Waals surface area contributed by atoms with Gasteiger partial charge in [-0.15, -0.1) is 0 Å². The Labute approximate surface area is 173 Å². The molecule has 0 fully saturated rings. The molecule has 1 heterocycles. The molecule has 4 aromatic rings. The lowest BCUT2D eigenvalue weighted by Crippen LogP contribution is -2.24. The summed E-state index contributed by atoms with van der Waals surface area (Å²) in [6.45, 7) is 0. The van der Waals surface area contributed by atoms with E-state index in [9.17, 15) is 9.59 Å². The molecule has 0 saturated carbocycles. The highest BCUT2D eigenvalue weighted by Gasteiger charge is 2.35. The highest BCUT2D eigenvalue weighted by Crippen LogP contribution is 2.37. The molecule has 0 atom stereocenters. The largest absolute Gasteiger partial charge is 0.355 e. The van der Waals surface area contributed by atoms with Gasteiger partial charge in [0, 0.05) is 17.6 Å². The fourth-order valence-electron chi connectivity index (χ4n) is 3.66. The summed E-state index contributed by atoms with van der Waals surface area (Å²) >= 11 is 0. The standard InChI is InChI=1S/C25H17N3O2/c29-24-18-12-7-15-26-23(18)25(30)22-20(28-17-10-5-2-6-11-17)14-13-19(21(22)24)27-16-8-3-1-4-9-16/h1-15,27-28H. The van der Waals surface area contributed by atoms with Crippen LogP contribution in [0.1, 0.15) is 32.0 Å². The van der Waals surface area contributed by atoms with Gasteiger partial charge in [-0.05, 0) is 48.5 Å².